The first-order valence-corrected chi connectivity index (χ1v) is 0.873. The molecule has 0 spiro atoms. The minimum absolute atomic E-state index is 0. The molecule has 0 aromatic carbocycles. The van der Waals surface area contributed by atoms with Crippen LogP contribution in [0.5, 0.6) is 0 Å². The van der Waals surface area contributed by atoms with E-state index in [-0.39, 0.29) is 22.4 Å². The number of hydrogen-bond acceptors (Lipinski definition) is 0. The van der Waals surface area contributed by atoms with Crippen molar-refractivity contribution in [2.45, 2.75) is 0 Å². The fourth-order valence-electron chi connectivity index (χ4n) is 0. The van der Waals surface area contributed by atoms with Gasteiger partial charge in [-0.15, -0.1) is 0 Å². The van der Waals surface area contributed by atoms with Crippen molar-refractivity contribution < 1.29 is 39.6 Å². The molecule has 0 bridgehead atoms. The van der Waals surface area contributed by atoms with Gasteiger partial charge in [-0.25, -0.2) is 0 Å². The summed E-state index contributed by atoms with van der Waals surface area (Å²) in [5.74, 6) is 0. The number of hydrogen-bond donors (Lipinski definition) is 0. The predicted octanol–water partition coefficient (Wildman–Crippen LogP) is 1.30. The molecule has 0 atom stereocenters. The Balaban J connectivity index is 0. The molecule has 0 aliphatic heterocycles. The third-order valence-electron chi connectivity index (χ3n) is 0. The van der Waals surface area contributed by atoms with Gasteiger partial charge in [-0.3, -0.25) is 0 Å². The third kappa shape index (κ3) is 204. The van der Waals surface area contributed by atoms with Crippen molar-refractivity contribution in [3.63, 3.8) is 0 Å². The van der Waals surface area contributed by atoms with E-state index in [1.165, 1.54) is 0 Å². The average Bonchev–Trinajstić information content (AvgIpc) is 0.722. The van der Waals surface area contributed by atoms with Crippen LogP contribution in [0.2, 0.25) is 0 Å². The normalized spacial score (nSPS) is 10.0. The van der Waals surface area contributed by atoms with E-state index in [2.05, 4.69) is 0 Å². The van der Waals surface area contributed by atoms with Crippen LogP contribution < -0.4 is 0 Å². The fraction of sp³-hybridized carbons (Fsp3) is 0. The van der Waals surface area contributed by atoms with Gasteiger partial charge in [0.15, 0.2) is 0 Å². The minimum Gasteiger partial charge on any atom is -0.418 e. The molecule has 6 heavy (non-hydrogen) atoms. The Morgan fingerprint density at radius 1 is 0.833 bits per heavy atom. The molecule has 0 amide bonds. The zero-order valence-corrected chi connectivity index (χ0v) is 4.56. The molecule has 43 valence electrons. The zero-order chi connectivity index (χ0) is 4.50. The topological polar surface area (TPSA) is 0 Å². The summed E-state index contributed by atoms with van der Waals surface area (Å²) >= 11 is 0. The molecule has 0 aliphatic rings. The van der Waals surface area contributed by atoms with Gasteiger partial charge in [-0.1, -0.05) is 0 Å². The molecule has 0 aromatic heterocycles. The molecular weight excluding hydrogens is 284 g/mol. The number of halogens is 4. The Hall–Kier alpha value is 0.525. The van der Waals surface area contributed by atoms with E-state index in [4.69, 9.17) is 0 Å². The summed E-state index contributed by atoms with van der Waals surface area (Å²) in [6, 6.07) is 0. The predicted molar refractivity (Wildman–Crippen MR) is 10.2 cm³/mol. The summed E-state index contributed by atoms with van der Waals surface area (Å²) in [4.78, 5) is 0. The SMILES string of the molecule is F[B-](F)(F)F.[Au]. The molecule has 0 aliphatic carbocycles. The largest absolute Gasteiger partial charge is 0.673 e. The van der Waals surface area contributed by atoms with E-state index in [1.807, 2.05) is 0 Å². The molecule has 0 unspecified atom stereocenters. The summed E-state index contributed by atoms with van der Waals surface area (Å²) < 4.78 is 39.0. The second-order valence-electron chi connectivity index (χ2n) is 0.495. The quantitative estimate of drug-likeness (QED) is 0.464. The molecule has 1 radical (unpaired) electrons. The summed E-state index contributed by atoms with van der Waals surface area (Å²) in [7, 11) is -6.00. The van der Waals surface area contributed by atoms with E-state index in [1.54, 1.807) is 0 Å². The van der Waals surface area contributed by atoms with Crippen molar-refractivity contribution in [1.82, 2.24) is 0 Å². The molecule has 0 aromatic rings. The molecule has 0 fully saturated rings. The van der Waals surface area contributed by atoms with Gasteiger partial charge in [0.2, 0.25) is 0 Å². The maximum absolute atomic E-state index is 9.75. The van der Waals surface area contributed by atoms with Crippen molar-refractivity contribution in [1.29, 1.82) is 0 Å². The first-order chi connectivity index (χ1) is 2.00. The second kappa shape index (κ2) is 2.66. The Morgan fingerprint density at radius 2 is 0.833 bits per heavy atom. The molecule has 0 nitrogen and oxygen atoms in total. The van der Waals surface area contributed by atoms with Gasteiger partial charge in [0.05, 0.1) is 0 Å². The van der Waals surface area contributed by atoms with Gasteiger partial charge in [0.25, 0.3) is 0 Å². The van der Waals surface area contributed by atoms with Crippen molar-refractivity contribution in [2.24, 2.45) is 0 Å². The smallest absolute Gasteiger partial charge is 0.418 e. The van der Waals surface area contributed by atoms with Crippen LogP contribution in [0.4, 0.5) is 17.3 Å². The van der Waals surface area contributed by atoms with E-state index < -0.39 is 7.25 Å². The standard InChI is InChI=1S/Au.BF4/c;2-1(3,4)5/q;-1. The van der Waals surface area contributed by atoms with E-state index >= 15 is 0 Å². The van der Waals surface area contributed by atoms with Gasteiger partial charge in [-0.2, -0.15) is 0 Å². The van der Waals surface area contributed by atoms with Crippen molar-refractivity contribution in [3.8, 4) is 0 Å². The van der Waals surface area contributed by atoms with Crippen molar-refractivity contribution in [2.75, 3.05) is 0 Å². The van der Waals surface area contributed by atoms with Crippen LogP contribution in [0.1, 0.15) is 0 Å². The first kappa shape index (κ1) is 9.73. The minimum atomic E-state index is -6.00. The van der Waals surface area contributed by atoms with Crippen LogP contribution in [0, 0.1) is 0 Å². The first-order valence-electron chi connectivity index (χ1n) is 0.873. The van der Waals surface area contributed by atoms with Gasteiger partial charge < -0.3 is 17.3 Å². The van der Waals surface area contributed by atoms with Crippen LogP contribution in [-0.2, 0) is 22.4 Å². The van der Waals surface area contributed by atoms with Crippen LogP contribution >= 0.6 is 0 Å². The van der Waals surface area contributed by atoms with Gasteiger partial charge in [-0.05, 0) is 0 Å². The van der Waals surface area contributed by atoms with E-state index in [0.29, 0.717) is 0 Å². The maximum atomic E-state index is 9.75. The Bertz CT molecular complexity index is 23.0. The van der Waals surface area contributed by atoms with Crippen molar-refractivity contribution in [3.05, 3.63) is 0 Å². The zero-order valence-electron chi connectivity index (χ0n) is 2.39. The molecular formula is AuBF4-. The average molecular weight is 284 g/mol. The summed E-state index contributed by atoms with van der Waals surface area (Å²) in [6.45, 7) is 0. The van der Waals surface area contributed by atoms with Crippen LogP contribution in [0.25, 0.3) is 0 Å². The van der Waals surface area contributed by atoms with E-state index in [0.717, 1.165) is 0 Å². The Morgan fingerprint density at radius 3 is 0.833 bits per heavy atom. The molecule has 0 heterocycles. The van der Waals surface area contributed by atoms with Crippen LogP contribution in [-0.4, -0.2) is 7.25 Å². The Labute approximate surface area is 47.5 Å². The summed E-state index contributed by atoms with van der Waals surface area (Å²) in [6.07, 6.45) is 0. The van der Waals surface area contributed by atoms with Gasteiger partial charge in [0.1, 0.15) is 0 Å². The fourth-order valence-corrected chi connectivity index (χ4v) is 0. The van der Waals surface area contributed by atoms with E-state index in [9.17, 15) is 17.3 Å². The van der Waals surface area contributed by atoms with Crippen LogP contribution in [0.3, 0.4) is 0 Å². The maximum Gasteiger partial charge on any atom is 0.673 e. The molecule has 0 rings (SSSR count). The van der Waals surface area contributed by atoms with Gasteiger partial charge in [0, 0.05) is 22.4 Å². The third-order valence-corrected chi connectivity index (χ3v) is 0. The molecule has 0 saturated heterocycles. The summed E-state index contributed by atoms with van der Waals surface area (Å²) in [5, 5.41) is 0. The second-order valence-corrected chi connectivity index (χ2v) is 0.495. The molecule has 6 heteroatoms. The molecule has 0 saturated carbocycles. The Kier molecular flexibility index (Phi) is 4.31. The monoisotopic (exact) mass is 284 g/mol. The summed E-state index contributed by atoms with van der Waals surface area (Å²) in [5.41, 5.74) is 0. The van der Waals surface area contributed by atoms with Crippen molar-refractivity contribution >= 4 is 7.25 Å². The number of rotatable bonds is 0. The molecule has 0 N–H and O–H groups in total. The van der Waals surface area contributed by atoms with Gasteiger partial charge >= 0.3 is 7.25 Å². The van der Waals surface area contributed by atoms with Crippen LogP contribution in [0.15, 0.2) is 0 Å².